The molecule has 4 atom stereocenters. The van der Waals surface area contributed by atoms with Gasteiger partial charge in [-0.3, -0.25) is 9.48 Å². The number of benzene rings is 2. The summed E-state index contributed by atoms with van der Waals surface area (Å²) in [5, 5.41) is 17.9. The van der Waals surface area contributed by atoms with Crippen molar-refractivity contribution in [2.24, 2.45) is 0 Å². The number of aromatic nitrogens is 2. The molecule has 3 aromatic rings. The van der Waals surface area contributed by atoms with Gasteiger partial charge in [0.1, 0.15) is 23.5 Å². The van der Waals surface area contributed by atoms with Gasteiger partial charge in [-0.2, -0.15) is 5.10 Å². The Labute approximate surface area is 228 Å². The lowest BCUT2D eigenvalue weighted by Gasteiger charge is -2.28. The maximum atomic E-state index is 15.1. The van der Waals surface area contributed by atoms with Crippen LogP contribution in [0.1, 0.15) is 62.9 Å². The third-order valence-corrected chi connectivity index (χ3v) is 9.40. The Hall–Kier alpha value is -3.70. The Morgan fingerprint density at radius 3 is 2.70 bits per heavy atom. The van der Waals surface area contributed by atoms with Crippen LogP contribution in [0.5, 0.6) is 0 Å². The van der Waals surface area contributed by atoms with Crippen LogP contribution in [-0.4, -0.2) is 41.1 Å². The van der Waals surface area contributed by atoms with E-state index in [2.05, 4.69) is 10.4 Å². The molecule has 1 amide bonds. The first-order valence-electron chi connectivity index (χ1n) is 13.0. The van der Waals surface area contributed by atoms with Crippen molar-refractivity contribution in [2.45, 2.75) is 49.1 Å². The molecule has 1 aromatic heterocycles. The lowest BCUT2D eigenvalue weighted by Crippen LogP contribution is -2.35. The van der Waals surface area contributed by atoms with Crippen LogP contribution in [0.15, 0.2) is 72.3 Å². The first kappa shape index (κ1) is 26.5. The van der Waals surface area contributed by atoms with Gasteiger partial charge < -0.3 is 10.4 Å². The molecule has 2 N–H and O–H groups in total. The van der Waals surface area contributed by atoms with E-state index in [1.807, 2.05) is 12.1 Å². The molecule has 2 heterocycles. The minimum Gasteiger partial charge on any atom is -0.390 e. The van der Waals surface area contributed by atoms with E-state index in [1.54, 1.807) is 18.2 Å². The number of aliphatic hydroxyl groups is 1. The standard InChI is InChI=1S/C29H26F3N3O4S/c30-19-6-3-4-16(11-19)10-18-14-40(38,39)15-22-27(34-35(28(18)22)24-9-8-20(31)13-23(24)32)29(37)33-26-21-7-2-1-5-17(21)12-25(26)36/h1-8,11,13,18,24-26,36H,9-10,12,14-15H2,(H,33,37)/t18?,24?,25-,26+/m0/s1. The van der Waals surface area contributed by atoms with Crippen LogP contribution in [0.4, 0.5) is 13.2 Å². The van der Waals surface area contributed by atoms with Crippen molar-refractivity contribution in [2.75, 3.05) is 5.75 Å². The third-order valence-electron chi connectivity index (χ3n) is 7.76. The number of rotatable bonds is 5. The topological polar surface area (TPSA) is 101 Å². The number of allylic oxidation sites excluding steroid dienone is 4. The number of aliphatic hydroxyl groups excluding tert-OH is 1. The Bertz CT molecular complexity index is 1680. The molecule has 7 nitrogen and oxygen atoms in total. The van der Waals surface area contributed by atoms with Crippen molar-refractivity contribution in [3.63, 3.8) is 0 Å². The van der Waals surface area contributed by atoms with E-state index >= 15 is 4.39 Å². The number of hydrogen-bond donors (Lipinski definition) is 2. The number of halogens is 3. The number of carbonyl (C=O) groups is 1. The summed E-state index contributed by atoms with van der Waals surface area (Å²) in [4.78, 5) is 13.7. The summed E-state index contributed by atoms with van der Waals surface area (Å²) in [5.41, 5.74) is 2.45. The average molecular weight is 570 g/mol. The highest BCUT2D eigenvalue weighted by molar-refractivity contribution is 7.90. The second kappa shape index (κ2) is 10.0. The fourth-order valence-corrected chi connectivity index (χ4v) is 7.77. The van der Waals surface area contributed by atoms with Gasteiger partial charge in [-0.15, -0.1) is 0 Å². The fourth-order valence-electron chi connectivity index (χ4n) is 6.04. The quantitative estimate of drug-likeness (QED) is 0.477. The minimum atomic E-state index is -3.71. The SMILES string of the molecule is O=C(N[C@@H]1c2ccccc2C[C@@H]1O)c1nn(C2CC=C(F)C=C2F)c2c1CS(=O)(=O)CC2Cc1cccc(F)c1. The highest BCUT2D eigenvalue weighted by Crippen LogP contribution is 2.40. The molecule has 0 saturated heterocycles. The molecule has 1 aliphatic heterocycles. The maximum Gasteiger partial charge on any atom is 0.272 e. The number of fused-ring (bicyclic) bond motifs is 2. The first-order valence-corrected chi connectivity index (χ1v) is 14.8. The molecule has 3 aliphatic rings. The summed E-state index contributed by atoms with van der Waals surface area (Å²) in [6.45, 7) is 0. The summed E-state index contributed by atoms with van der Waals surface area (Å²) < 4.78 is 70.3. The molecule has 0 bridgehead atoms. The third kappa shape index (κ3) is 4.88. The van der Waals surface area contributed by atoms with Crippen LogP contribution < -0.4 is 5.32 Å². The van der Waals surface area contributed by atoms with Crippen molar-refractivity contribution in [1.29, 1.82) is 0 Å². The number of hydrogen-bond acceptors (Lipinski definition) is 5. The molecule has 2 aliphatic carbocycles. The van der Waals surface area contributed by atoms with Gasteiger partial charge in [-0.25, -0.2) is 21.6 Å². The highest BCUT2D eigenvalue weighted by Gasteiger charge is 2.41. The first-order chi connectivity index (χ1) is 19.1. The molecular formula is C29H26F3N3O4S. The largest absolute Gasteiger partial charge is 0.390 e. The predicted molar refractivity (Wildman–Crippen MR) is 141 cm³/mol. The number of nitrogens with one attached hydrogen (secondary N) is 1. The lowest BCUT2D eigenvalue weighted by molar-refractivity contribution is 0.0851. The number of nitrogens with zero attached hydrogens (tertiary/aromatic N) is 2. The van der Waals surface area contributed by atoms with Crippen LogP contribution >= 0.6 is 0 Å². The summed E-state index contributed by atoms with van der Waals surface area (Å²) in [5.74, 6) is -4.29. The van der Waals surface area contributed by atoms with E-state index in [0.29, 0.717) is 17.7 Å². The number of amides is 1. The summed E-state index contributed by atoms with van der Waals surface area (Å²) in [6.07, 6.45) is 1.41. The van der Waals surface area contributed by atoms with Gasteiger partial charge in [0.25, 0.3) is 5.91 Å². The van der Waals surface area contributed by atoms with Gasteiger partial charge in [-0.05, 0) is 47.7 Å². The Morgan fingerprint density at radius 2 is 1.93 bits per heavy atom. The monoisotopic (exact) mass is 569 g/mol. The van der Waals surface area contributed by atoms with Crippen molar-refractivity contribution < 1.29 is 31.5 Å². The van der Waals surface area contributed by atoms with Crippen LogP contribution in [0.25, 0.3) is 0 Å². The number of carbonyl (C=O) groups excluding carboxylic acids is 1. The summed E-state index contributed by atoms with van der Waals surface area (Å²) in [6, 6.07) is 11.2. The second-order valence-corrected chi connectivity index (χ2v) is 12.6. The van der Waals surface area contributed by atoms with Crippen molar-refractivity contribution in [1.82, 2.24) is 15.1 Å². The molecule has 0 saturated carbocycles. The molecule has 208 valence electrons. The van der Waals surface area contributed by atoms with Crippen molar-refractivity contribution in [3.8, 4) is 0 Å². The van der Waals surface area contributed by atoms with Gasteiger partial charge in [0.05, 0.1) is 23.7 Å². The average Bonchev–Trinajstić information content (AvgIpc) is 3.41. The van der Waals surface area contributed by atoms with Gasteiger partial charge in [0, 0.05) is 29.7 Å². The molecule has 6 rings (SSSR count). The Morgan fingerprint density at radius 1 is 1.12 bits per heavy atom. The van der Waals surface area contributed by atoms with E-state index in [0.717, 1.165) is 17.2 Å². The highest BCUT2D eigenvalue weighted by atomic mass is 32.2. The summed E-state index contributed by atoms with van der Waals surface area (Å²) >= 11 is 0. The number of sulfone groups is 1. The van der Waals surface area contributed by atoms with E-state index in [4.69, 9.17) is 0 Å². The lowest BCUT2D eigenvalue weighted by atomic mass is 9.93. The normalized spacial score (nSPS) is 25.0. The second-order valence-electron chi connectivity index (χ2n) is 10.5. The van der Waals surface area contributed by atoms with Gasteiger partial charge in [0.2, 0.25) is 0 Å². The Balaban J connectivity index is 1.44. The fraction of sp³-hybridized carbons (Fsp3) is 0.310. The van der Waals surface area contributed by atoms with Crippen molar-refractivity contribution in [3.05, 3.63) is 112 Å². The maximum absolute atomic E-state index is 15.1. The zero-order valence-corrected chi connectivity index (χ0v) is 22.0. The zero-order chi connectivity index (χ0) is 28.2. The molecule has 40 heavy (non-hydrogen) atoms. The zero-order valence-electron chi connectivity index (χ0n) is 21.2. The minimum absolute atomic E-state index is 0.0858. The van der Waals surface area contributed by atoms with Crippen LogP contribution in [-0.2, 0) is 28.4 Å². The van der Waals surface area contributed by atoms with Crippen LogP contribution in [0.2, 0.25) is 0 Å². The molecule has 2 aromatic carbocycles. The summed E-state index contributed by atoms with van der Waals surface area (Å²) in [7, 11) is -3.71. The van der Waals surface area contributed by atoms with E-state index in [1.165, 1.54) is 29.0 Å². The molecule has 2 unspecified atom stereocenters. The predicted octanol–water partition coefficient (Wildman–Crippen LogP) is 4.32. The molecule has 0 radical (unpaired) electrons. The molecule has 0 spiro atoms. The Kier molecular flexibility index (Phi) is 6.66. The van der Waals surface area contributed by atoms with Crippen LogP contribution in [0, 0.1) is 5.82 Å². The molecular weight excluding hydrogens is 543 g/mol. The van der Waals surface area contributed by atoms with E-state index in [9.17, 15) is 27.1 Å². The van der Waals surface area contributed by atoms with E-state index < -0.39 is 63.1 Å². The van der Waals surface area contributed by atoms with Gasteiger partial charge in [0.15, 0.2) is 15.5 Å². The van der Waals surface area contributed by atoms with Gasteiger partial charge >= 0.3 is 0 Å². The van der Waals surface area contributed by atoms with E-state index in [-0.39, 0.29) is 29.9 Å². The van der Waals surface area contributed by atoms with Gasteiger partial charge in [-0.1, -0.05) is 36.4 Å². The van der Waals surface area contributed by atoms with Crippen molar-refractivity contribution >= 4 is 15.7 Å². The smallest absolute Gasteiger partial charge is 0.272 e. The van der Waals surface area contributed by atoms with Crippen LogP contribution in [0.3, 0.4) is 0 Å². The molecule has 11 heteroatoms. The molecule has 0 fully saturated rings.